The number of carbonyl (C=O) groups is 2. The van der Waals surface area contributed by atoms with Crippen LogP contribution in [0.3, 0.4) is 0 Å². The Morgan fingerprint density at radius 1 is 1.25 bits per heavy atom. The van der Waals surface area contributed by atoms with E-state index < -0.39 is 23.4 Å². The van der Waals surface area contributed by atoms with E-state index in [1.807, 2.05) is 6.07 Å². The molecule has 9 heteroatoms. The topological polar surface area (TPSA) is 111 Å². The van der Waals surface area contributed by atoms with Crippen molar-refractivity contribution in [2.75, 3.05) is 6.61 Å². The highest BCUT2D eigenvalue weighted by atomic mass is 35.5. The average Bonchev–Trinajstić information content (AvgIpc) is 2.75. The third-order valence-corrected chi connectivity index (χ3v) is 5.90. The van der Waals surface area contributed by atoms with Gasteiger partial charge in [0.1, 0.15) is 11.6 Å². The van der Waals surface area contributed by atoms with Gasteiger partial charge in [0.05, 0.1) is 28.3 Å². The fourth-order valence-corrected chi connectivity index (χ4v) is 4.17. The number of nitrogens with one attached hydrogen (secondary N) is 2. The van der Waals surface area contributed by atoms with Gasteiger partial charge in [-0.15, -0.1) is 0 Å². The van der Waals surface area contributed by atoms with Crippen LogP contribution in [0.2, 0.25) is 5.02 Å². The van der Waals surface area contributed by atoms with E-state index in [2.05, 4.69) is 10.6 Å². The number of fused-ring (bicyclic) bond motifs is 2. The summed E-state index contributed by atoms with van der Waals surface area (Å²) in [7, 11) is 0. The Bertz CT molecular complexity index is 1150. The Kier molecular flexibility index (Phi) is 5.87. The first kappa shape index (κ1) is 21.8. The molecule has 3 aliphatic rings. The van der Waals surface area contributed by atoms with Crippen molar-refractivity contribution in [3.8, 4) is 11.8 Å². The zero-order valence-electron chi connectivity index (χ0n) is 16.8. The van der Waals surface area contributed by atoms with E-state index >= 15 is 0 Å². The number of ether oxygens (including phenoxy) is 1. The van der Waals surface area contributed by atoms with Crippen LogP contribution in [0.4, 0.5) is 4.39 Å². The molecule has 7 nitrogen and oxygen atoms in total. The Morgan fingerprint density at radius 2 is 1.97 bits per heavy atom. The largest absolute Gasteiger partial charge is 0.484 e. The second kappa shape index (κ2) is 8.61. The molecule has 0 aromatic heterocycles. The van der Waals surface area contributed by atoms with Crippen molar-refractivity contribution < 1.29 is 23.8 Å². The van der Waals surface area contributed by atoms with Gasteiger partial charge in [-0.25, -0.2) is 4.39 Å². The lowest BCUT2D eigenvalue weighted by atomic mass is 9.63. The third-order valence-electron chi connectivity index (χ3n) is 5.59. The third kappa shape index (κ3) is 4.44. The summed E-state index contributed by atoms with van der Waals surface area (Å²) >= 11 is 5.62. The minimum Gasteiger partial charge on any atom is -0.484 e. The highest BCUT2D eigenvalue weighted by Gasteiger charge is 2.50. The quantitative estimate of drug-likeness (QED) is 0.620. The number of nitrogens with zero attached hydrogens (tertiary/aromatic N) is 1. The zero-order valence-corrected chi connectivity index (χ0v) is 17.6. The first-order valence-electron chi connectivity index (χ1n) is 9.89. The lowest BCUT2D eigenvalue weighted by molar-refractivity contribution is -0.126. The monoisotopic (exact) mass is 455 g/mol. The lowest BCUT2D eigenvalue weighted by Crippen LogP contribution is -2.61. The van der Waals surface area contributed by atoms with Gasteiger partial charge in [0.15, 0.2) is 6.61 Å². The first-order chi connectivity index (χ1) is 15.3. The Labute approximate surface area is 188 Å². The zero-order chi connectivity index (χ0) is 22.9. The van der Waals surface area contributed by atoms with Crippen molar-refractivity contribution in [2.24, 2.45) is 0 Å². The van der Waals surface area contributed by atoms with Crippen molar-refractivity contribution >= 4 is 23.4 Å². The van der Waals surface area contributed by atoms with Crippen LogP contribution in [0.1, 0.15) is 35.2 Å². The number of hydrogen-bond acceptors (Lipinski definition) is 5. The van der Waals surface area contributed by atoms with E-state index in [9.17, 15) is 19.1 Å². The summed E-state index contributed by atoms with van der Waals surface area (Å²) in [4.78, 5) is 24.8. The highest BCUT2D eigenvalue weighted by Crippen LogP contribution is 2.47. The molecule has 1 saturated carbocycles. The van der Waals surface area contributed by atoms with Crippen LogP contribution in [-0.4, -0.2) is 35.2 Å². The van der Waals surface area contributed by atoms with Crippen molar-refractivity contribution in [2.45, 2.75) is 30.9 Å². The predicted octanol–water partition coefficient (Wildman–Crippen LogP) is 2.83. The number of nitriles is 1. The molecule has 164 valence electrons. The normalized spacial score (nSPS) is 21.2. The fraction of sp³-hybridized carbons (Fsp3) is 0.261. The first-order valence-corrected chi connectivity index (χ1v) is 10.3. The molecule has 0 spiro atoms. The molecule has 0 aliphatic heterocycles. The molecule has 0 saturated heterocycles. The second-order valence-electron chi connectivity index (χ2n) is 7.93. The summed E-state index contributed by atoms with van der Waals surface area (Å²) in [5.41, 5.74) is 1.56. The molecular formula is C23H19ClFN3O4. The summed E-state index contributed by atoms with van der Waals surface area (Å²) in [6.07, 6.45) is 0.338. The van der Waals surface area contributed by atoms with Crippen LogP contribution in [0.5, 0.6) is 5.75 Å². The molecular weight excluding hydrogens is 437 g/mol. The van der Waals surface area contributed by atoms with Crippen molar-refractivity contribution in [3.05, 3.63) is 75.7 Å². The van der Waals surface area contributed by atoms with Gasteiger partial charge in [-0.05, 0) is 54.8 Å². The van der Waals surface area contributed by atoms with E-state index in [0.29, 0.717) is 29.7 Å². The van der Waals surface area contributed by atoms with Gasteiger partial charge in [-0.3, -0.25) is 9.59 Å². The van der Waals surface area contributed by atoms with Gasteiger partial charge in [0, 0.05) is 23.7 Å². The molecule has 0 radical (unpaired) electrons. The number of aliphatic hydroxyl groups excluding tert-OH is 1. The van der Waals surface area contributed by atoms with Crippen LogP contribution >= 0.6 is 11.6 Å². The van der Waals surface area contributed by atoms with Gasteiger partial charge in [-0.2, -0.15) is 5.26 Å². The van der Waals surface area contributed by atoms with Gasteiger partial charge in [0.25, 0.3) is 11.8 Å². The van der Waals surface area contributed by atoms with Gasteiger partial charge < -0.3 is 20.5 Å². The maximum Gasteiger partial charge on any atom is 0.258 e. The van der Waals surface area contributed by atoms with E-state index in [-0.39, 0.29) is 29.7 Å². The molecule has 2 aromatic rings. The Hall–Kier alpha value is -3.41. The van der Waals surface area contributed by atoms with Crippen LogP contribution in [0, 0.1) is 17.1 Å². The molecule has 5 rings (SSSR count). The van der Waals surface area contributed by atoms with Gasteiger partial charge in [-0.1, -0.05) is 11.6 Å². The SMILES string of the molecule is N#Cc1ccc(C(=O)NC2=C3CC(NC(=O)COc4ccc(Cl)c(F)c4)(C3)CC2O)cc1. The molecule has 2 bridgehead atoms. The number of rotatable bonds is 6. The van der Waals surface area contributed by atoms with Crippen molar-refractivity contribution in [1.82, 2.24) is 10.6 Å². The van der Waals surface area contributed by atoms with E-state index in [0.717, 1.165) is 11.6 Å². The molecule has 3 aliphatic carbocycles. The average molecular weight is 456 g/mol. The molecule has 1 unspecified atom stereocenters. The molecule has 0 heterocycles. The minimum atomic E-state index is -0.929. The second-order valence-corrected chi connectivity index (χ2v) is 8.33. The maximum absolute atomic E-state index is 13.5. The summed E-state index contributed by atoms with van der Waals surface area (Å²) in [6, 6.07) is 12.1. The molecule has 2 aromatic carbocycles. The Balaban J connectivity index is 1.33. The number of carbonyl (C=O) groups excluding carboxylic acids is 2. The Morgan fingerprint density at radius 3 is 2.59 bits per heavy atom. The van der Waals surface area contributed by atoms with Crippen LogP contribution in [-0.2, 0) is 4.79 Å². The van der Waals surface area contributed by atoms with Gasteiger partial charge in [0.2, 0.25) is 0 Å². The minimum absolute atomic E-state index is 0.0345. The molecule has 1 atom stereocenters. The van der Waals surface area contributed by atoms with Crippen LogP contribution < -0.4 is 15.4 Å². The number of hydrogen-bond donors (Lipinski definition) is 3. The van der Waals surface area contributed by atoms with Crippen molar-refractivity contribution in [3.63, 3.8) is 0 Å². The predicted molar refractivity (Wildman–Crippen MR) is 113 cm³/mol. The molecule has 32 heavy (non-hydrogen) atoms. The van der Waals surface area contributed by atoms with E-state index in [4.69, 9.17) is 21.6 Å². The van der Waals surface area contributed by atoms with Crippen molar-refractivity contribution in [1.29, 1.82) is 5.26 Å². The lowest BCUT2D eigenvalue weighted by Gasteiger charge is -2.51. The number of amides is 2. The van der Waals surface area contributed by atoms with E-state index in [1.54, 1.807) is 24.3 Å². The number of aliphatic hydroxyl groups is 1. The summed E-state index contributed by atoms with van der Waals surface area (Å²) < 4.78 is 18.8. The maximum atomic E-state index is 13.5. The molecule has 2 amide bonds. The summed E-state index contributed by atoms with van der Waals surface area (Å²) in [5.74, 6) is -1.21. The molecule has 1 fully saturated rings. The fourth-order valence-electron chi connectivity index (χ4n) is 4.06. The number of benzene rings is 2. The number of halogens is 2. The highest BCUT2D eigenvalue weighted by molar-refractivity contribution is 6.30. The molecule has 3 N–H and O–H groups in total. The van der Waals surface area contributed by atoms with Crippen LogP contribution in [0.25, 0.3) is 0 Å². The summed E-state index contributed by atoms with van der Waals surface area (Å²) in [6.45, 7) is -0.305. The smallest absolute Gasteiger partial charge is 0.258 e. The van der Waals surface area contributed by atoms with Crippen LogP contribution in [0.15, 0.2) is 53.7 Å². The standard InChI is InChI=1S/C23H19ClFN3O4/c24-17-6-5-16(7-18(17)25)32-12-20(30)28-23-8-15(9-23)21(19(29)10-23)27-22(31)14-3-1-13(11-26)2-4-14/h1-7,19,29H,8-10,12H2,(H,27,31)(H,28,30). The van der Waals surface area contributed by atoms with Gasteiger partial charge >= 0.3 is 0 Å². The van der Waals surface area contributed by atoms with E-state index in [1.165, 1.54) is 12.1 Å². The summed E-state index contributed by atoms with van der Waals surface area (Å²) in [5, 5.41) is 25.0.